The molecule has 2 aromatic carbocycles. The van der Waals surface area contributed by atoms with Crippen molar-refractivity contribution in [1.82, 2.24) is 10.6 Å². The molecule has 3 nitrogen and oxygen atoms in total. The standard InChI is InChI=1S/C16H17BrN2O/c17-15-9-5-4-8-14(15)10-11-18-16(20)19-12-13-6-2-1-3-7-13/h1-9H,10-12H2,(H2,18,19,20). The summed E-state index contributed by atoms with van der Waals surface area (Å²) < 4.78 is 1.08. The molecule has 0 unspecified atom stereocenters. The summed E-state index contributed by atoms with van der Waals surface area (Å²) in [5.41, 5.74) is 2.28. The first-order chi connectivity index (χ1) is 9.75. The highest BCUT2D eigenvalue weighted by Gasteiger charge is 2.01. The van der Waals surface area contributed by atoms with Crippen LogP contribution < -0.4 is 10.6 Å². The van der Waals surface area contributed by atoms with Gasteiger partial charge in [-0.05, 0) is 23.6 Å². The van der Waals surface area contributed by atoms with Crippen molar-refractivity contribution in [2.75, 3.05) is 6.54 Å². The highest BCUT2D eigenvalue weighted by molar-refractivity contribution is 9.10. The summed E-state index contributed by atoms with van der Waals surface area (Å²) in [7, 11) is 0. The maximum Gasteiger partial charge on any atom is 0.315 e. The topological polar surface area (TPSA) is 41.1 Å². The number of urea groups is 1. The predicted molar refractivity (Wildman–Crippen MR) is 84.5 cm³/mol. The summed E-state index contributed by atoms with van der Waals surface area (Å²) in [6.45, 7) is 1.16. The monoisotopic (exact) mass is 332 g/mol. The lowest BCUT2D eigenvalue weighted by Gasteiger charge is -2.08. The average Bonchev–Trinajstić information content (AvgIpc) is 2.48. The summed E-state index contributed by atoms with van der Waals surface area (Å²) in [6.07, 6.45) is 0.806. The van der Waals surface area contributed by atoms with Crippen molar-refractivity contribution < 1.29 is 4.79 Å². The van der Waals surface area contributed by atoms with E-state index in [0.717, 1.165) is 16.5 Å². The van der Waals surface area contributed by atoms with E-state index in [0.29, 0.717) is 13.1 Å². The minimum atomic E-state index is -0.138. The van der Waals surface area contributed by atoms with Crippen LogP contribution in [0.25, 0.3) is 0 Å². The second-order valence-corrected chi connectivity index (χ2v) is 5.29. The lowest BCUT2D eigenvalue weighted by molar-refractivity contribution is 0.240. The van der Waals surface area contributed by atoms with Gasteiger partial charge in [0.05, 0.1) is 0 Å². The van der Waals surface area contributed by atoms with E-state index in [1.54, 1.807) is 0 Å². The average molecular weight is 333 g/mol. The van der Waals surface area contributed by atoms with Crippen molar-refractivity contribution >= 4 is 22.0 Å². The molecular weight excluding hydrogens is 316 g/mol. The van der Waals surface area contributed by atoms with Gasteiger partial charge < -0.3 is 10.6 Å². The van der Waals surface area contributed by atoms with Crippen LogP contribution in [-0.4, -0.2) is 12.6 Å². The van der Waals surface area contributed by atoms with E-state index in [4.69, 9.17) is 0 Å². The number of carbonyl (C=O) groups excluding carboxylic acids is 1. The molecule has 2 aromatic rings. The molecule has 0 fully saturated rings. The van der Waals surface area contributed by atoms with E-state index in [2.05, 4.69) is 26.6 Å². The van der Waals surface area contributed by atoms with Gasteiger partial charge in [0.1, 0.15) is 0 Å². The molecule has 0 saturated heterocycles. The fourth-order valence-corrected chi connectivity index (χ4v) is 2.34. The molecule has 104 valence electrons. The van der Waals surface area contributed by atoms with Crippen LogP contribution in [0.5, 0.6) is 0 Å². The SMILES string of the molecule is O=C(NCCc1ccccc1Br)NCc1ccccc1. The zero-order valence-electron chi connectivity index (χ0n) is 11.1. The van der Waals surface area contributed by atoms with Crippen molar-refractivity contribution in [3.05, 3.63) is 70.2 Å². The summed E-state index contributed by atoms with van der Waals surface area (Å²) in [4.78, 5) is 11.7. The number of benzene rings is 2. The Hall–Kier alpha value is -1.81. The quantitative estimate of drug-likeness (QED) is 0.864. The van der Waals surface area contributed by atoms with Gasteiger partial charge in [0.2, 0.25) is 0 Å². The first-order valence-corrected chi connectivity index (χ1v) is 7.34. The van der Waals surface area contributed by atoms with Crippen LogP contribution in [0.1, 0.15) is 11.1 Å². The predicted octanol–water partition coefficient (Wildman–Crippen LogP) is 3.49. The van der Waals surface area contributed by atoms with Crippen molar-refractivity contribution in [2.24, 2.45) is 0 Å². The zero-order valence-corrected chi connectivity index (χ0v) is 12.7. The van der Waals surface area contributed by atoms with Crippen molar-refractivity contribution in [2.45, 2.75) is 13.0 Å². The second kappa shape index (κ2) is 7.70. The van der Waals surface area contributed by atoms with Crippen LogP contribution in [0.3, 0.4) is 0 Å². The molecule has 0 bridgehead atoms. The van der Waals surface area contributed by atoms with Gasteiger partial charge in [-0.25, -0.2) is 4.79 Å². The molecule has 0 aliphatic heterocycles. The van der Waals surface area contributed by atoms with E-state index in [1.165, 1.54) is 5.56 Å². The minimum Gasteiger partial charge on any atom is -0.338 e. The van der Waals surface area contributed by atoms with E-state index >= 15 is 0 Å². The number of hydrogen-bond donors (Lipinski definition) is 2. The van der Waals surface area contributed by atoms with Crippen LogP contribution in [0.4, 0.5) is 4.79 Å². The third-order valence-electron chi connectivity index (χ3n) is 2.93. The maximum absolute atomic E-state index is 11.7. The Morgan fingerprint density at radius 1 is 0.950 bits per heavy atom. The van der Waals surface area contributed by atoms with Gasteiger partial charge in [0.25, 0.3) is 0 Å². The largest absolute Gasteiger partial charge is 0.338 e. The molecule has 0 saturated carbocycles. The normalized spacial score (nSPS) is 10.1. The minimum absolute atomic E-state index is 0.138. The lowest BCUT2D eigenvalue weighted by atomic mass is 10.1. The van der Waals surface area contributed by atoms with Gasteiger partial charge in [-0.15, -0.1) is 0 Å². The Labute approximate surface area is 127 Å². The Balaban J connectivity index is 1.69. The lowest BCUT2D eigenvalue weighted by Crippen LogP contribution is -2.36. The fourth-order valence-electron chi connectivity index (χ4n) is 1.85. The van der Waals surface area contributed by atoms with Crippen LogP contribution in [0.15, 0.2) is 59.1 Å². The Kier molecular flexibility index (Phi) is 5.62. The molecule has 2 rings (SSSR count). The van der Waals surface area contributed by atoms with Crippen LogP contribution >= 0.6 is 15.9 Å². The number of rotatable bonds is 5. The van der Waals surface area contributed by atoms with Crippen molar-refractivity contribution in [1.29, 1.82) is 0 Å². The molecule has 0 aliphatic carbocycles. The highest BCUT2D eigenvalue weighted by Crippen LogP contribution is 2.15. The Morgan fingerprint density at radius 3 is 2.40 bits per heavy atom. The number of nitrogens with one attached hydrogen (secondary N) is 2. The fraction of sp³-hybridized carbons (Fsp3) is 0.188. The molecule has 4 heteroatoms. The van der Waals surface area contributed by atoms with Gasteiger partial charge >= 0.3 is 6.03 Å². The van der Waals surface area contributed by atoms with Gasteiger partial charge in [0, 0.05) is 17.6 Å². The molecule has 0 radical (unpaired) electrons. The third kappa shape index (κ3) is 4.70. The number of carbonyl (C=O) groups is 1. The first-order valence-electron chi connectivity index (χ1n) is 6.55. The third-order valence-corrected chi connectivity index (χ3v) is 3.71. The molecule has 0 aromatic heterocycles. The molecule has 0 atom stereocenters. The van der Waals surface area contributed by atoms with Gasteiger partial charge in [-0.2, -0.15) is 0 Å². The van der Waals surface area contributed by atoms with Crippen molar-refractivity contribution in [3.8, 4) is 0 Å². The van der Waals surface area contributed by atoms with Crippen LogP contribution in [0.2, 0.25) is 0 Å². The molecule has 2 N–H and O–H groups in total. The summed E-state index contributed by atoms with van der Waals surface area (Å²) in [6, 6.07) is 17.7. The van der Waals surface area contributed by atoms with E-state index < -0.39 is 0 Å². The van der Waals surface area contributed by atoms with E-state index in [1.807, 2.05) is 54.6 Å². The summed E-state index contributed by atoms with van der Waals surface area (Å²) in [5.74, 6) is 0. The van der Waals surface area contributed by atoms with Gasteiger partial charge in [0.15, 0.2) is 0 Å². The molecule has 0 aliphatic rings. The number of halogens is 1. The van der Waals surface area contributed by atoms with Crippen LogP contribution in [0, 0.1) is 0 Å². The van der Waals surface area contributed by atoms with E-state index in [-0.39, 0.29) is 6.03 Å². The zero-order chi connectivity index (χ0) is 14.2. The highest BCUT2D eigenvalue weighted by atomic mass is 79.9. The summed E-state index contributed by atoms with van der Waals surface area (Å²) >= 11 is 3.50. The molecular formula is C16H17BrN2O. The van der Waals surface area contributed by atoms with Crippen molar-refractivity contribution in [3.63, 3.8) is 0 Å². The van der Waals surface area contributed by atoms with Crippen LogP contribution in [-0.2, 0) is 13.0 Å². The van der Waals surface area contributed by atoms with Gasteiger partial charge in [-0.1, -0.05) is 64.5 Å². The molecule has 2 amide bonds. The van der Waals surface area contributed by atoms with Gasteiger partial charge in [-0.3, -0.25) is 0 Å². The number of hydrogen-bond acceptors (Lipinski definition) is 1. The Bertz CT molecular complexity index is 557. The molecule has 0 heterocycles. The maximum atomic E-state index is 11.7. The summed E-state index contributed by atoms with van der Waals surface area (Å²) in [5, 5.41) is 5.70. The second-order valence-electron chi connectivity index (χ2n) is 4.44. The van der Waals surface area contributed by atoms with E-state index in [9.17, 15) is 4.79 Å². The first kappa shape index (κ1) is 14.6. The smallest absolute Gasteiger partial charge is 0.315 e. The molecule has 20 heavy (non-hydrogen) atoms. The molecule has 0 spiro atoms. The number of amides is 2. The Morgan fingerprint density at radius 2 is 1.65 bits per heavy atom.